The number of hydrogen-bond acceptors (Lipinski definition) is 4. The summed E-state index contributed by atoms with van der Waals surface area (Å²) in [5, 5.41) is 8.95. The first-order chi connectivity index (χ1) is 8.29. The first-order valence-corrected chi connectivity index (χ1v) is 6.30. The smallest absolute Gasteiger partial charge is 0.0945 e. The fourth-order valence-electron chi connectivity index (χ4n) is 2.31. The zero-order valence-corrected chi connectivity index (χ0v) is 10.5. The van der Waals surface area contributed by atoms with Crippen molar-refractivity contribution in [3.63, 3.8) is 0 Å². The molecule has 2 heterocycles. The van der Waals surface area contributed by atoms with E-state index in [2.05, 4.69) is 19.4 Å². The summed E-state index contributed by atoms with van der Waals surface area (Å²) in [4.78, 5) is 8.95. The van der Waals surface area contributed by atoms with Gasteiger partial charge in [-0.05, 0) is 19.5 Å². The highest BCUT2D eigenvalue weighted by atomic mass is 16.3. The predicted octanol–water partition coefficient (Wildman–Crippen LogP) is -0.0799. The quantitative estimate of drug-likeness (QED) is 0.797. The van der Waals surface area contributed by atoms with E-state index < -0.39 is 0 Å². The SMILES string of the molecule is Cn1cncc1CN1CCCN(CCO)CC1. The normalized spacial score (nSPS) is 19.4. The molecule has 96 valence electrons. The number of nitrogens with zero attached hydrogens (tertiary/aromatic N) is 4. The van der Waals surface area contributed by atoms with Crippen LogP contribution in [0.1, 0.15) is 12.1 Å². The standard InChI is InChI=1S/C12H22N4O/c1-14-11-13-9-12(14)10-16-4-2-3-15(5-6-16)7-8-17/h9,11,17H,2-8,10H2,1H3. The molecule has 1 N–H and O–H groups in total. The summed E-state index contributed by atoms with van der Waals surface area (Å²) in [6.45, 7) is 6.41. The molecule has 17 heavy (non-hydrogen) atoms. The third-order valence-corrected chi connectivity index (χ3v) is 3.40. The van der Waals surface area contributed by atoms with Gasteiger partial charge in [-0.25, -0.2) is 4.98 Å². The minimum absolute atomic E-state index is 0.266. The van der Waals surface area contributed by atoms with Gasteiger partial charge in [0.05, 0.1) is 18.6 Å². The van der Waals surface area contributed by atoms with E-state index in [1.54, 1.807) is 0 Å². The third-order valence-electron chi connectivity index (χ3n) is 3.40. The second kappa shape index (κ2) is 6.14. The molecule has 0 bridgehead atoms. The molecule has 0 spiro atoms. The lowest BCUT2D eigenvalue weighted by molar-refractivity contribution is 0.195. The van der Waals surface area contributed by atoms with Crippen molar-refractivity contribution in [1.82, 2.24) is 19.4 Å². The van der Waals surface area contributed by atoms with Gasteiger partial charge in [0, 0.05) is 39.4 Å². The zero-order valence-electron chi connectivity index (χ0n) is 10.5. The van der Waals surface area contributed by atoms with Crippen molar-refractivity contribution >= 4 is 0 Å². The average molecular weight is 238 g/mol. The van der Waals surface area contributed by atoms with Crippen LogP contribution in [0.15, 0.2) is 12.5 Å². The van der Waals surface area contributed by atoms with Gasteiger partial charge in [-0.2, -0.15) is 0 Å². The summed E-state index contributed by atoms with van der Waals surface area (Å²) in [7, 11) is 2.04. The van der Waals surface area contributed by atoms with Gasteiger partial charge >= 0.3 is 0 Å². The van der Waals surface area contributed by atoms with E-state index in [0.717, 1.165) is 39.3 Å². The molecule has 1 aromatic rings. The van der Waals surface area contributed by atoms with Crippen LogP contribution in [0.3, 0.4) is 0 Å². The van der Waals surface area contributed by atoms with Crippen LogP contribution < -0.4 is 0 Å². The number of imidazole rings is 1. The number of rotatable bonds is 4. The van der Waals surface area contributed by atoms with Gasteiger partial charge in [-0.3, -0.25) is 9.80 Å². The van der Waals surface area contributed by atoms with Crippen LogP contribution >= 0.6 is 0 Å². The summed E-state index contributed by atoms with van der Waals surface area (Å²) in [5.74, 6) is 0. The lowest BCUT2D eigenvalue weighted by Crippen LogP contribution is -2.32. The van der Waals surface area contributed by atoms with Crippen LogP contribution in [-0.4, -0.2) is 63.8 Å². The molecular weight excluding hydrogens is 216 g/mol. The number of aromatic nitrogens is 2. The van der Waals surface area contributed by atoms with Gasteiger partial charge in [-0.1, -0.05) is 0 Å². The van der Waals surface area contributed by atoms with Crippen molar-refractivity contribution in [3.05, 3.63) is 18.2 Å². The topological polar surface area (TPSA) is 44.5 Å². The number of aliphatic hydroxyl groups is 1. The molecular formula is C12H22N4O. The van der Waals surface area contributed by atoms with Crippen LogP contribution in [0.5, 0.6) is 0 Å². The lowest BCUT2D eigenvalue weighted by Gasteiger charge is -2.21. The Bertz CT molecular complexity index is 339. The molecule has 1 aliphatic heterocycles. The maximum atomic E-state index is 8.95. The number of β-amino-alcohol motifs (C(OH)–C–C–N with tert-alkyl or cyclic N) is 1. The van der Waals surface area contributed by atoms with Gasteiger partial charge in [0.2, 0.25) is 0 Å². The van der Waals surface area contributed by atoms with Crippen molar-refractivity contribution in [2.45, 2.75) is 13.0 Å². The van der Waals surface area contributed by atoms with Crippen LogP contribution in [0.4, 0.5) is 0 Å². The molecule has 2 rings (SSSR count). The highest BCUT2D eigenvalue weighted by Gasteiger charge is 2.15. The molecule has 1 fully saturated rings. The molecule has 0 amide bonds. The second-order valence-corrected chi connectivity index (χ2v) is 4.69. The van der Waals surface area contributed by atoms with Crippen molar-refractivity contribution in [2.75, 3.05) is 39.3 Å². The van der Waals surface area contributed by atoms with E-state index in [4.69, 9.17) is 5.11 Å². The molecule has 5 heteroatoms. The first-order valence-electron chi connectivity index (χ1n) is 6.30. The van der Waals surface area contributed by atoms with E-state index in [1.807, 2.05) is 19.6 Å². The number of aryl methyl sites for hydroxylation is 1. The molecule has 0 aromatic carbocycles. The fourth-order valence-corrected chi connectivity index (χ4v) is 2.31. The minimum Gasteiger partial charge on any atom is -0.395 e. The van der Waals surface area contributed by atoms with E-state index >= 15 is 0 Å². The van der Waals surface area contributed by atoms with Crippen LogP contribution in [-0.2, 0) is 13.6 Å². The minimum atomic E-state index is 0.266. The van der Waals surface area contributed by atoms with Gasteiger partial charge in [-0.15, -0.1) is 0 Å². The van der Waals surface area contributed by atoms with Crippen LogP contribution in [0.25, 0.3) is 0 Å². The Balaban J connectivity index is 1.85. The van der Waals surface area contributed by atoms with E-state index in [1.165, 1.54) is 12.1 Å². The second-order valence-electron chi connectivity index (χ2n) is 4.69. The summed E-state index contributed by atoms with van der Waals surface area (Å²) < 4.78 is 2.08. The number of hydrogen-bond donors (Lipinski definition) is 1. The summed E-state index contributed by atoms with van der Waals surface area (Å²) in [6.07, 6.45) is 4.97. The molecule has 0 unspecified atom stereocenters. The van der Waals surface area contributed by atoms with Gasteiger partial charge in [0.1, 0.15) is 0 Å². The monoisotopic (exact) mass is 238 g/mol. The Morgan fingerprint density at radius 3 is 2.71 bits per heavy atom. The van der Waals surface area contributed by atoms with Crippen molar-refractivity contribution in [2.24, 2.45) is 7.05 Å². The maximum Gasteiger partial charge on any atom is 0.0945 e. The Hall–Kier alpha value is -0.910. The van der Waals surface area contributed by atoms with Crippen molar-refractivity contribution in [1.29, 1.82) is 0 Å². The molecule has 1 aliphatic rings. The number of aliphatic hydroxyl groups excluding tert-OH is 1. The Morgan fingerprint density at radius 1 is 1.24 bits per heavy atom. The zero-order chi connectivity index (χ0) is 12.1. The Morgan fingerprint density at radius 2 is 2.00 bits per heavy atom. The molecule has 0 aliphatic carbocycles. The first kappa shape index (κ1) is 12.5. The molecule has 0 atom stereocenters. The average Bonchev–Trinajstić information content (AvgIpc) is 2.59. The maximum absolute atomic E-state index is 8.95. The van der Waals surface area contributed by atoms with Gasteiger partial charge in [0.15, 0.2) is 0 Å². The van der Waals surface area contributed by atoms with E-state index in [9.17, 15) is 0 Å². The Kier molecular flexibility index (Phi) is 4.53. The highest BCUT2D eigenvalue weighted by molar-refractivity contribution is 4.97. The van der Waals surface area contributed by atoms with Crippen molar-refractivity contribution in [3.8, 4) is 0 Å². The third kappa shape index (κ3) is 3.52. The Labute approximate surface area is 103 Å². The highest BCUT2D eigenvalue weighted by Crippen LogP contribution is 2.07. The molecule has 0 saturated carbocycles. The fraction of sp³-hybridized carbons (Fsp3) is 0.750. The molecule has 1 saturated heterocycles. The van der Waals surface area contributed by atoms with Gasteiger partial charge in [0.25, 0.3) is 0 Å². The lowest BCUT2D eigenvalue weighted by atomic mass is 10.3. The van der Waals surface area contributed by atoms with Crippen molar-refractivity contribution < 1.29 is 5.11 Å². The molecule has 0 radical (unpaired) electrons. The van der Waals surface area contributed by atoms with Gasteiger partial charge < -0.3 is 9.67 Å². The predicted molar refractivity (Wildman–Crippen MR) is 66.6 cm³/mol. The summed E-state index contributed by atoms with van der Waals surface area (Å²) in [5.41, 5.74) is 1.26. The van der Waals surface area contributed by atoms with E-state index in [0.29, 0.717) is 0 Å². The van der Waals surface area contributed by atoms with E-state index in [-0.39, 0.29) is 6.61 Å². The molecule has 5 nitrogen and oxygen atoms in total. The van der Waals surface area contributed by atoms with Crippen LogP contribution in [0, 0.1) is 0 Å². The molecule has 1 aromatic heterocycles. The summed E-state index contributed by atoms with van der Waals surface area (Å²) in [6, 6.07) is 0. The van der Waals surface area contributed by atoms with Crippen LogP contribution in [0.2, 0.25) is 0 Å². The summed E-state index contributed by atoms with van der Waals surface area (Å²) >= 11 is 0. The largest absolute Gasteiger partial charge is 0.395 e.